The zero-order valence-electron chi connectivity index (χ0n) is 17.9. The van der Waals surface area contributed by atoms with Gasteiger partial charge >= 0.3 is 0 Å². The Hall–Kier alpha value is -2.10. The lowest BCUT2D eigenvalue weighted by Gasteiger charge is -2.18. The Morgan fingerprint density at radius 1 is 1.27 bits per heavy atom. The minimum atomic E-state index is 0. The van der Waals surface area contributed by atoms with E-state index in [1.807, 2.05) is 30.3 Å². The smallest absolute Gasteiger partial charge is 0.222 e. The molecule has 2 N–H and O–H groups in total. The molecule has 0 bridgehead atoms. The summed E-state index contributed by atoms with van der Waals surface area (Å²) in [6.45, 7) is 7.71. The molecule has 0 radical (unpaired) electrons. The molecular weight excluding hydrogens is 491 g/mol. The van der Waals surface area contributed by atoms with Crippen molar-refractivity contribution in [1.82, 2.24) is 25.1 Å². The van der Waals surface area contributed by atoms with E-state index in [0.29, 0.717) is 13.0 Å². The lowest BCUT2D eigenvalue weighted by atomic mass is 10.1. The number of nitrogens with one attached hydrogen (secondary N) is 2. The van der Waals surface area contributed by atoms with E-state index in [9.17, 15) is 4.79 Å². The summed E-state index contributed by atoms with van der Waals surface area (Å²) >= 11 is 0. The second kappa shape index (κ2) is 12.6. The van der Waals surface area contributed by atoms with Crippen LogP contribution in [-0.2, 0) is 24.3 Å². The number of hydrogen-bond acceptors (Lipinski definition) is 3. The van der Waals surface area contributed by atoms with Crippen molar-refractivity contribution in [2.75, 3.05) is 19.6 Å². The molecule has 30 heavy (non-hydrogen) atoms. The van der Waals surface area contributed by atoms with E-state index in [0.717, 1.165) is 50.8 Å². The highest BCUT2D eigenvalue weighted by atomic mass is 127. The summed E-state index contributed by atoms with van der Waals surface area (Å²) < 4.78 is 2.16. The Kier molecular flexibility index (Phi) is 10.1. The maximum Gasteiger partial charge on any atom is 0.222 e. The number of rotatable bonds is 8. The van der Waals surface area contributed by atoms with Crippen LogP contribution in [0.3, 0.4) is 0 Å². The lowest BCUT2D eigenvalue weighted by Crippen LogP contribution is -2.45. The molecule has 8 heteroatoms. The van der Waals surface area contributed by atoms with Crippen molar-refractivity contribution in [3.8, 4) is 0 Å². The van der Waals surface area contributed by atoms with Crippen molar-refractivity contribution in [3.63, 3.8) is 0 Å². The van der Waals surface area contributed by atoms with Crippen LogP contribution in [0.1, 0.15) is 38.1 Å². The van der Waals surface area contributed by atoms with E-state index >= 15 is 0 Å². The molecule has 0 saturated carbocycles. The average Bonchev–Trinajstić information content (AvgIpc) is 3.40. The van der Waals surface area contributed by atoms with Crippen LogP contribution in [0.25, 0.3) is 0 Å². The van der Waals surface area contributed by atoms with Crippen LogP contribution in [0, 0.1) is 0 Å². The van der Waals surface area contributed by atoms with E-state index in [1.165, 1.54) is 5.56 Å². The summed E-state index contributed by atoms with van der Waals surface area (Å²) in [5.74, 6) is 1.95. The monoisotopic (exact) mass is 524 g/mol. The molecule has 1 saturated heterocycles. The average molecular weight is 524 g/mol. The third-order valence-corrected chi connectivity index (χ3v) is 5.19. The maximum absolute atomic E-state index is 11.9. The quantitative estimate of drug-likeness (QED) is 0.317. The first-order valence-corrected chi connectivity index (χ1v) is 10.6. The minimum absolute atomic E-state index is 0. The van der Waals surface area contributed by atoms with E-state index in [2.05, 4.69) is 51.4 Å². The van der Waals surface area contributed by atoms with E-state index in [-0.39, 0.29) is 35.9 Å². The molecule has 2 heterocycles. The number of halogens is 1. The van der Waals surface area contributed by atoms with E-state index < -0.39 is 0 Å². The minimum Gasteiger partial charge on any atom is -0.357 e. The number of imidazole rings is 1. The van der Waals surface area contributed by atoms with Gasteiger partial charge in [0.15, 0.2) is 5.96 Å². The van der Waals surface area contributed by atoms with Crippen molar-refractivity contribution < 1.29 is 4.79 Å². The van der Waals surface area contributed by atoms with Crippen LogP contribution in [0.5, 0.6) is 0 Å². The number of aliphatic imine (C=N–C) groups is 1. The Morgan fingerprint density at radius 3 is 2.80 bits per heavy atom. The fraction of sp³-hybridized carbons (Fsp3) is 0.500. The highest BCUT2D eigenvalue weighted by Gasteiger charge is 2.25. The Bertz CT molecular complexity index is 807. The third kappa shape index (κ3) is 7.00. The van der Waals surface area contributed by atoms with Gasteiger partial charge in [-0.25, -0.2) is 9.98 Å². The van der Waals surface area contributed by atoms with Gasteiger partial charge in [-0.05, 0) is 25.3 Å². The predicted molar refractivity (Wildman–Crippen MR) is 131 cm³/mol. The number of nitrogens with zero attached hydrogens (tertiary/aromatic N) is 4. The number of guanidine groups is 1. The summed E-state index contributed by atoms with van der Waals surface area (Å²) in [6.07, 6.45) is 6.32. The molecule has 0 spiro atoms. The molecule has 1 aromatic heterocycles. The fourth-order valence-electron chi connectivity index (χ4n) is 3.58. The number of benzene rings is 1. The standard InChI is InChI=1S/C22H32N6O.HI/c1-3-21(29)28-14-11-19(17-28)26-22(23-4-2)25-16-20-24-12-15-27(20)13-10-18-8-6-5-7-9-18;/h5-9,12,15,19H,3-4,10-11,13-14,16-17H2,1-2H3,(H2,23,25,26);1H. The predicted octanol–water partition coefficient (Wildman–Crippen LogP) is 2.81. The molecule has 1 aliphatic heterocycles. The van der Waals surface area contributed by atoms with Crippen molar-refractivity contribution >= 4 is 35.8 Å². The largest absolute Gasteiger partial charge is 0.357 e. The summed E-state index contributed by atoms with van der Waals surface area (Å²) in [6, 6.07) is 10.7. The van der Waals surface area contributed by atoms with Gasteiger partial charge in [0.1, 0.15) is 12.4 Å². The van der Waals surface area contributed by atoms with Crippen LogP contribution in [0.2, 0.25) is 0 Å². The van der Waals surface area contributed by atoms with Crippen molar-refractivity contribution in [1.29, 1.82) is 0 Å². The number of hydrogen-bond donors (Lipinski definition) is 2. The first kappa shape index (κ1) is 24.2. The van der Waals surface area contributed by atoms with Gasteiger partial charge in [0.25, 0.3) is 0 Å². The highest BCUT2D eigenvalue weighted by Crippen LogP contribution is 2.11. The van der Waals surface area contributed by atoms with E-state index in [1.54, 1.807) is 0 Å². The number of carbonyl (C=O) groups excluding carboxylic acids is 1. The zero-order chi connectivity index (χ0) is 20.5. The van der Waals surface area contributed by atoms with Gasteiger partial charge in [-0.15, -0.1) is 24.0 Å². The molecule has 1 atom stereocenters. The molecule has 2 aromatic rings. The van der Waals surface area contributed by atoms with Gasteiger partial charge in [0, 0.05) is 51.0 Å². The molecule has 7 nitrogen and oxygen atoms in total. The molecular formula is C22H33IN6O. The Labute approximate surface area is 196 Å². The number of likely N-dealkylation sites (tertiary alicyclic amines) is 1. The molecule has 164 valence electrons. The summed E-state index contributed by atoms with van der Waals surface area (Å²) in [7, 11) is 0. The summed E-state index contributed by atoms with van der Waals surface area (Å²) in [5.41, 5.74) is 1.32. The van der Waals surface area contributed by atoms with Gasteiger partial charge in [-0.3, -0.25) is 4.79 Å². The van der Waals surface area contributed by atoms with Crippen LogP contribution in [0.4, 0.5) is 0 Å². The topological polar surface area (TPSA) is 74.6 Å². The Morgan fingerprint density at radius 2 is 2.07 bits per heavy atom. The van der Waals surface area contributed by atoms with Crippen LogP contribution in [0.15, 0.2) is 47.7 Å². The van der Waals surface area contributed by atoms with Gasteiger partial charge in [0.05, 0.1) is 0 Å². The van der Waals surface area contributed by atoms with Crippen molar-refractivity contribution in [3.05, 3.63) is 54.1 Å². The molecule has 1 amide bonds. The lowest BCUT2D eigenvalue weighted by molar-refractivity contribution is -0.129. The molecule has 3 rings (SSSR count). The normalized spacial score (nSPS) is 16.3. The van der Waals surface area contributed by atoms with E-state index in [4.69, 9.17) is 4.99 Å². The first-order valence-electron chi connectivity index (χ1n) is 10.6. The third-order valence-electron chi connectivity index (χ3n) is 5.19. The SMILES string of the molecule is CCNC(=NCc1nccn1CCc1ccccc1)NC1CCN(C(=O)CC)C1.I. The van der Waals surface area contributed by atoms with Gasteiger partial charge in [0.2, 0.25) is 5.91 Å². The molecule has 0 aliphatic carbocycles. The first-order chi connectivity index (χ1) is 14.2. The van der Waals surface area contributed by atoms with Crippen molar-refractivity contribution in [2.45, 2.75) is 52.2 Å². The fourth-order valence-corrected chi connectivity index (χ4v) is 3.58. The zero-order valence-corrected chi connectivity index (χ0v) is 20.2. The van der Waals surface area contributed by atoms with Crippen LogP contribution in [-0.4, -0.2) is 52.0 Å². The van der Waals surface area contributed by atoms with Gasteiger partial charge < -0.3 is 20.1 Å². The summed E-state index contributed by atoms with van der Waals surface area (Å²) in [5, 5.41) is 6.78. The second-order valence-electron chi connectivity index (χ2n) is 7.29. The Balaban J connectivity index is 0.00000320. The second-order valence-corrected chi connectivity index (χ2v) is 7.29. The highest BCUT2D eigenvalue weighted by molar-refractivity contribution is 14.0. The maximum atomic E-state index is 11.9. The van der Waals surface area contributed by atoms with Crippen molar-refractivity contribution in [2.24, 2.45) is 4.99 Å². The number of aromatic nitrogens is 2. The number of carbonyl (C=O) groups is 1. The molecule has 1 fully saturated rings. The molecule has 1 aromatic carbocycles. The van der Waals surface area contributed by atoms with Crippen LogP contribution < -0.4 is 10.6 Å². The van der Waals surface area contributed by atoms with Gasteiger partial charge in [-0.1, -0.05) is 37.3 Å². The van der Waals surface area contributed by atoms with Crippen LogP contribution >= 0.6 is 24.0 Å². The van der Waals surface area contributed by atoms with Gasteiger partial charge in [-0.2, -0.15) is 0 Å². The number of amides is 1. The number of aryl methyl sites for hydroxylation is 2. The summed E-state index contributed by atoms with van der Waals surface area (Å²) in [4.78, 5) is 23.0. The molecule has 1 aliphatic rings. The molecule has 1 unspecified atom stereocenters.